The third-order valence-electron chi connectivity index (χ3n) is 9.98. The molecule has 1 saturated heterocycles. The van der Waals surface area contributed by atoms with Gasteiger partial charge in [-0.15, -0.1) is 24.8 Å². The van der Waals surface area contributed by atoms with E-state index in [1.54, 1.807) is 22.3 Å². The largest absolute Gasteiger partial charge is 0.147 e. The van der Waals surface area contributed by atoms with Gasteiger partial charge in [-0.25, -0.2) is 0 Å². The Kier molecular flexibility index (Phi) is 9.83. The summed E-state index contributed by atoms with van der Waals surface area (Å²) >= 11 is -2.97. The molecule has 0 radical (unpaired) electrons. The summed E-state index contributed by atoms with van der Waals surface area (Å²) in [6.45, 7) is 4.76. The Morgan fingerprint density at radius 3 is 1.33 bits per heavy atom. The molecule has 0 spiro atoms. The first-order valence-corrected chi connectivity index (χ1v) is 24.8. The summed E-state index contributed by atoms with van der Waals surface area (Å²) in [6, 6.07) is 36.7. The Morgan fingerprint density at radius 2 is 0.976 bits per heavy atom. The van der Waals surface area contributed by atoms with E-state index in [0.29, 0.717) is 0 Å². The average Bonchev–Trinajstić information content (AvgIpc) is 3.53. The molecule has 0 aromatic heterocycles. The van der Waals surface area contributed by atoms with Crippen molar-refractivity contribution in [2.75, 3.05) is 0 Å². The maximum Gasteiger partial charge on any atom is -0.147 e. The maximum atomic E-state index is 2.66. The first kappa shape index (κ1) is 31.2. The minimum Gasteiger partial charge on any atom is -0.147 e. The molecule has 1 aliphatic heterocycles. The van der Waals surface area contributed by atoms with Crippen molar-refractivity contribution < 1.29 is 20.0 Å². The normalized spacial score (nSPS) is 19.4. The van der Waals surface area contributed by atoms with Crippen LogP contribution >= 0.6 is 24.8 Å². The van der Waals surface area contributed by atoms with E-state index < -0.39 is 20.0 Å². The number of rotatable bonds is 8. The number of allylic oxidation sites excluding steroid dienone is 2. The molecule has 42 heavy (non-hydrogen) atoms. The van der Waals surface area contributed by atoms with Crippen LogP contribution in [0.5, 0.6) is 0 Å². The van der Waals surface area contributed by atoms with E-state index in [-0.39, 0.29) is 24.8 Å². The van der Waals surface area contributed by atoms with Crippen LogP contribution in [-0.4, -0.2) is 0 Å². The summed E-state index contributed by atoms with van der Waals surface area (Å²) in [6.07, 6.45) is 11.7. The molecule has 4 aromatic rings. The van der Waals surface area contributed by atoms with Crippen molar-refractivity contribution in [1.29, 1.82) is 0 Å². The molecule has 3 aliphatic rings. The third kappa shape index (κ3) is 5.14. The molecule has 0 saturated carbocycles. The molecule has 0 N–H and O–H groups in total. The van der Waals surface area contributed by atoms with Crippen molar-refractivity contribution in [2.45, 2.75) is 61.7 Å². The summed E-state index contributed by atoms with van der Waals surface area (Å²) in [4.78, 5) is 0. The van der Waals surface area contributed by atoms with Gasteiger partial charge >= 0.3 is 246 Å². The fourth-order valence-corrected chi connectivity index (χ4v) is 31.1. The molecule has 0 bridgehead atoms. The van der Waals surface area contributed by atoms with E-state index in [0.717, 1.165) is 7.35 Å². The molecule has 0 amide bonds. The first-order chi connectivity index (χ1) is 19.7. The van der Waals surface area contributed by atoms with E-state index in [4.69, 9.17) is 0 Å². The molecule has 1 heterocycles. The summed E-state index contributed by atoms with van der Waals surface area (Å²) in [5.74, 6) is 0. The van der Waals surface area contributed by atoms with E-state index >= 15 is 0 Å². The zero-order chi connectivity index (χ0) is 27.1. The van der Waals surface area contributed by atoms with Crippen molar-refractivity contribution >= 4 is 37.0 Å². The molecule has 0 nitrogen and oxygen atoms in total. The smallest absolute Gasteiger partial charge is 0.147 e. The predicted octanol–water partition coefficient (Wildman–Crippen LogP) is 12.4. The summed E-state index contributed by atoms with van der Waals surface area (Å²) in [5, 5.41) is 0. The van der Waals surface area contributed by atoms with Gasteiger partial charge in [0.05, 0.1) is 0 Å². The van der Waals surface area contributed by atoms with Gasteiger partial charge in [-0.2, -0.15) is 0 Å². The molecule has 3 heteroatoms. The average molecular weight is 760 g/mol. The summed E-state index contributed by atoms with van der Waals surface area (Å²) < 4.78 is 4.51. The van der Waals surface area contributed by atoms with Crippen LogP contribution in [0.1, 0.15) is 75.6 Å². The Morgan fingerprint density at radius 1 is 0.548 bits per heavy atom. The van der Waals surface area contributed by atoms with Crippen LogP contribution in [0.15, 0.2) is 108 Å². The molecule has 216 valence electrons. The summed E-state index contributed by atoms with van der Waals surface area (Å²) in [7, 11) is 0. The second kappa shape index (κ2) is 13.2. The Balaban J connectivity index is 0.00000176. The maximum absolute atomic E-state index is 2.97. The van der Waals surface area contributed by atoms with Crippen LogP contribution in [0.3, 0.4) is 0 Å². The number of hydrogen-bond acceptors (Lipinski definition) is 0. The van der Waals surface area contributed by atoms with Crippen LogP contribution in [0.25, 0.3) is 34.4 Å². The topological polar surface area (TPSA) is 0 Å². The fraction of sp³-hybridized carbons (Fsp3) is 0.282. The van der Waals surface area contributed by atoms with E-state index in [1.807, 2.05) is 0 Å². The van der Waals surface area contributed by atoms with E-state index in [2.05, 4.69) is 123 Å². The molecular weight excluding hydrogens is 718 g/mol. The minimum atomic E-state index is -2.97. The standard InChI is InChI=1S/2C18H17.C3H6.2ClH.Hf/c2*1-2-7-14-12-16-10-6-11-17(18(16)13-14)15-8-4-3-5-9-15;1-3-2;;;/h2*3-6,8-13H,2,7H2,1H3;1-3H2;2*1H;. The molecule has 2 aliphatic carbocycles. The predicted molar refractivity (Wildman–Crippen MR) is 184 cm³/mol. The van der Waals surface area contributed by atoms with Crippen molar-refractivity contribution in [2.24, 2.45) is 0 Å². The van der Waals surface area contributed by atoms with Gasteiger partial charge in [0, 0.05) is 0 Å². The fourth-order valence-electron chi connectivity index (χ4n) is 8.36. The zero-order valence-corrected chi connectivity index (χ0v) is 30.0. The van der Waals surface area contributed by atoms with Gasteiger partial charge in [0.1, 0.15) is 0 Å². The SMILES string of the molecule is CCCC1=Cc2c(-c3ccccc3)cccc2[CH]1[Hf]1([CH]2C(CCC)=Cc3c(-c4ccccc4)cccc32)[CH2]C[CH2]1.Cl.Cl. The van der Waals surface area contributed by atoms with Crippen molar-refractivity contribution in [3.8, 4) is 22.3 Å². The van der Waals surface area contributed by atoms with E-state index in [9.17, 15) is 0 Å². The second-order valence-electron chi connectivity index (χ2n) is 12.2. The van der Waals surface area contributed by atoms with Crippen LogP contribution in [-0.2, 0) is 20.0 Å². The number of benzene rings is 4. The first-order valence-electron chi connectivity index (χ1n) is 15.5. The van der Waals surface area contributed by atoms with Gasteiger partial charge < -0.3 is 0 Å². The molecule has 2 atom stereocenters. The third-order valence-corrected chi connectivity index (χ3v) is 32.4. The molecule has 4 aromatic carbocycles. The van der Waals surface area contributed by atoms with Gasteiger partial charge in [-0.1, -0.05) is 0 Å². The van der Waals surface area contributed by atoms with Crippen molar-refractivity contribution in [3.05, 3.63) is 130 Å². The molecule has 1 fully saturated rings. The quantitative estimate of drug-likeness (QED) is 0.157. The van der Waals surface area contributed by atoms with Crippen molar-refractivity contribution in [1.82, 2.24) is 0 Å². The Hall–Kier alpha value is -2.19. The Bertz CT molecular complexity index is 1480. The monoisotopic (exact) mass is 760 g/mol. The van der Waals surface area contributed by atoms with E-state index in [1.165, 1.54) is 73.8 Å². The molecular formula is C39H42Cl2Hf. The van der Waals surface area contributed by atoms with Crippen molar-refractivity contribution in [3.63, 3.8) is 0 Å². The van der Waals surface area contributed by atoms with Crippen LogP contribution < -0.4 is 0 Å². The molecule has 7 rings (SSSR count). The van der Waals surface area contributed by atoms with Gasteiger partial charge in [-0.05, 0) is 0 Å². The van der Waals surface area contributed by atoms with Gasteiger partial charge in [0.25, 0.3) is 0 Å². The minimum absolute atomic E-state index is 0. The second-order valence-corrected chi connectivity index (χ2v) is 28.8. The summed E-state index contributed by atoms with van der Waals surface area (Å²) in [5.41, 5.74) is 15.5. The number of fused-ring (bicyclic) bond motifs is 2. The molecule has 2 unspecified atom stereocenters. The number of halogens is 2. The van der Waals surface area contributed by atoms with Crippen LogP contribution in [0.4, 0.5) is 0 Å². The van der Waals surface area contributed by atoms with Gasteiger partial charge in [0.2, 0.25) is 0 Å². The zero-order valence-electron chi connectivity index (χ0n) is 24.8. The Labute approximate surface area is 269 Å². The number of hydrogen-bond donors (Lipinski definition) is 0. The van der Waals surface area contributed by atoms with Crippen LogP contribution in [0, 0.1) is 0 Å². The van der Waals surface area contributed by atoms with Crippen LogP contribution in [0.2, 0.25) is 8.35 Å². The van der Waals surface area contributed by atoms with Gasteiger partial charge in [0.15, 0.2) is 0 Å². The van der Waals surface area contributed by atoms with Gasteiger partial charge in [-0.3, -0.25) is 0 Å².